The Morgan fingerprint density at radius 2 is 1.50 bits per heavy atom. The van der Waals surface area contributed by atoms with Gasteiger partial charge in [-0.1, -0.05) is 6.07 Å². The van der Waals surface area contributed by atoms with Gasteiger partial charge in [-0.2, -0.15) is 0 Å². The number of hydrogen-bond donors (Lipinski definition) is 1. The zero-order chi connectivity index (χ0) is 18.9. The summed E-state index contributed by atoms with van der Waals surface area (Å²) < 4.78 is 20.9. The number of aryl methyl sites for hydroxylation is 1. The Balaban J connectivity index is 1.89. The molecule has 2 rings (SSSR count). The number of amides is 1. The van der Waals surface area contributed by atoms with Gasteiger partial charge in [0.05, 0.1) is 28.4 Å². The summed E-state index contributed by atoms with van der Waals surface area (Å²) in [4.78, 5) is 12.3. The first-order chi connectivity index (χ1) is 12.6. The van der Waals surface area contributed by atoms with E-state index in [0.29, 0.717) is 35.1 Å². The molecule has 1 N–H and O–H groups in total. The van der Waals surface area contributed by atoms with E-state index >= 15 is 0 Å². The fourth-order valence-corrected chi connectivity index (χ4v) is 2.57. The van der Waals surface area contributed by atoms with E-state index in [1.807, 2.05) is 18.2 Å². The van der Waals surface area contributed by atoms with Crippen LogP contribution in [0.5, 0.6) is 23.0 Å². The predicted octanol–water partition coefficient (Wildman–Crippen LogP) is 3.08. The fourth-order valence-electron chi connectivity index (χ4n) is 2.57. The summed E-state index contributed by atoms with van der Waals surface area (Å²) in [5, 5.41) is 2.92. The third kappa shape index (κ3) is 5.05. The summed E-state index contributed by atoms with van der Waals surface area (Å²) in [5.74, 6) is 2.42. The number of nitrogens with one attached hydrogen (secondary N) is 1. The predicted molar refractivity (Wildman–Crippen MR) is 99.7 cm³/mol. The van der Waals surface area contributed by atoms with E-state index in [1.165, 1.54) is 0 Å². The highest BCUT2D eigenvalue weighted by molar-refractivity contribution is 5.95. The molecule has 6 heteroatoms. The molecule has 0 aliphatic rings. The van der Waals surface area contributed by atoms with Gasteiger partial charge in [-0.25, -0.2) is 0 Å². The van der Waals surface area contributed by atoms with Gasteiger partial charge in [0.1, 0.15) is 11.5 Å². The van der Waals surface area contributed by atoms with Crippen molar-refractivity contribution in [3.63, 3.8) is 0 Å². The molecule has 0 aromatic heterocycles. The highest BCUT2D eigenvalue weighted by atomic mass is 16.5. The fraction of sp³-hybridized carbons (Fsp3) is 0.350. The maximum atomic E-state index is 12.3. The van der Waals surface area contributed by atoms with Crippen LogP contribution in [0.4, 0.5) is 0 Å². The summed E-state index contributed by atoms with van der Waals surface area (Å²) in [7, 11) is 6.34. The third-order valence-electron chi connectivity index (χ3n) is 3.99. The number of carbonyl (C=O) groups excluding carboxylic acids is 1. The highest BCUT2D eigenvalue weighted by Crippen LogP contribution is 2.28. The van der Waals surface area contributed by atoms with Gasteiger partial charge in [0.15, 0.2) is 11.5 Å². The number of carbonyl (C=O) groups is 1. The van der Waals surface area contributed by atoms with Crippen molar-refractivity contribution in [1.82, 2.24) is 5.32 Å². The number of rotatable bonds is 9. The van der Waals surface area contributed by atoms with Crippen LogP contribution in [0.25, 0.3) is 0 Å². The summed E-state index contributed by atoms with van der Waals surface area (Å²) in [5.41, 5.74) is 1.63. The Bertz CT molecular complexity index is 723. The molecule has 0 atom stereocenters. The normalized spacial score (nSPS) is 10.2. The monoisotopic (exact) mass is 359 g/mol. The molecule has 0 spiro atoms. The van der Waals surface area contributed by atoms with Gasteiger partial charge in [0.2, 0.25) is 0 Å². The maximum Gasteiger partial charge on any atom is 0.251 e. The minimum Gasteiger partial charge on any atom is -0.497 e. The Kier molecular flexibility index (Phi) is 7.14. The molecule has 2 aromatic carbocycles. The average Bonchev–Trinajstić information content (AvgIpc) is 2.70. The van der Waals surface area contributed by atoms with Gasteiger partial charge in [-0.3, -0.25) is 4.79 Å². The minimum atomic E-state index is -0.158. The van der Waals surface area contributed by atoms with E-state index in [9.17, 15) is 4.79 Å². The van der Waals surface area contributed by atoms with E-state index in [1.54, 1.807) is 46.6 Å². The summed E-state index contributed by atoms with van der Waals surface area (Å²) >= 11 is 0. The van der Waals surface area contributed by atoms with Crippen LogP contribution < -0.4 is 24.3 Å². The second kappa shape index (κ2) is 9.56. The summed E-state index contributed by atoms with van der Waals surface area (Å²) in [6.07, 6.45) is 1.63. The first kappa shape index (κ1) is 19.4. The molecule has 0 fully saturated rings. The topological polar surface area (TPSA) is 66.0 Å². The molecule has 0 aliphatic carbocycles. The van der Waals surface area contributed by atoms with Gasteiger partial charge in [-0.15, -0.1) is 0 Å². The smallest absolute Gasteiger partial charge is 0.251 e. The van der Waals surface area contributed by atoms with Crippen molar-refractivity contribution in [2.75, 3.05) is 35.0 Å². The van der Waals surface area contributed by atoms with Gasteiger partial charge < -0.3 is 24.3 Å². The van der Waals surface area contributed by atoms with Crippen molar-refractivity contribution >= 4 is 5.91 Å². The molecule has 26 heavy (non-hydrogen) atoms. The Hall–Kier alpha value is -2.89. The van der Waals surface area contributed by atoms with Crippen molar-refractivity contribution in [2.24, 2.45) is 0 Å². The Morgan fingerprint density at radius 3 is 2.08 bits per heavy atom. The molecule has 0 bridgehead atoms. The Morgan fingerprint density at radius 1 is 0.846 bits per heavy atom. The lowest BCUT2D eigenvalue weighted by Crippen LogP contribution is -2.24. The average molecular weight is 359 g/mol. The van der Waals surface area contributed by atoms with Crippen molar-refractivity contribution < 1.29 is 23.7 Å². The molecular formula is C20H25NO5. The largest absolute Gasteiger partial charge is 0.497 e. The quantitative estimate of drug-likeness (QED) is 0.697. The standard InChI is InChI=1S/C20H25NO5/c1-23-16-11-15(12-17(13-16)24-2)20(22)21-9-5-6-14-7-8-18(25-3)19(10-14)26-4/h7-8,10-13H,5-6,9H2,1-4H3,(H,21,22). The lowest BCUT2D eigenvalue weighted by atomic mass is 10.1. The molecule has 0 unspecified atom stereocenters. The number of hydrogen-bond acceptors (Lipinski definition) is 5. The molecule has 2 aromatic rings. The molecule has 0 heterocycles. The molecule has 6 nitrogen and oxygen atoms in total. The number of methoxy groups -OCH3 is 4. The van der Waals surface area contributed by atoms with Gasteiger partial charge in [0, 0.05) is 18.2 Å². The van der Waals surface area contributed by atoms with Crippen molar-refractivity contribution in [1.29, 1.82) is 0 Å². The van der Waals surface area contributed by atoms with Crippen LogP contribution in [0, 0.1) is 0 Å². The lowest BCUT2D eigenvalue weighted by Gasteiger charge is -2.11. The van der Waals surface area contributed by atoms with Crippen LogP contribution in [-0.4, -0.2) is 40.9 Å². The van der Waals surface area contributed by atoms with Crippen LogP contribution in [0.2, 0.25) is 0 Å². The van der Waals surface area contributed by atoms with Crippen LogP contribution in [0.1, 0.15) is 22.3 Å². The van der Waals surface area contributed by atoms with Gasteiger partial charge in [0.25, 0.3) is 5.91 Å². The van der Waals surface area contributed by atoms with Crippen LogP contribution in [-0.2, 0) is 6.42 Å². The summed E-state index contributed by atoms with van der Waals surface area (Å²) in [6, 6.07) is 10.9. The second-order valence-electron chi connectivity index (χ2n) is 5.65. The SMILES string of the molecule is COc1cc(OC)cc(C(=O)NCCCc2ccc(OC)c(OC)c2)c1. The maximum absolute atomic E-state index is 12.3. The lowest BCUT2D eigenvalue weighted by molar-refractivity contribution is 0.0952. The first-order valence-electron chi connectivity index (χ1n) is 8.33. The molecule has 140 valence electrons. The molecule has 0 saturated heterocycles. The second-order valence-corrected chi connectivity index (χ2v) is 5.65. The number of benzene rings is 2. The third-order valence-corrected chi connectivity index (χ3v) is 3.99. The van der Waals surface area contributed by atoms with Gasteiger partial charge >= 0.3 is 0 Å². The molecule has 0 aliphatic heterocycles. The zero-order valence-corrected chi connectivity index (χ0v) is 15.6. The summed E-state index contributed by atoms with van der Waals surface area (Å²) in [6.45, 7) is 0.562. The number of ether oxygens (including phenoxy) is 4. The van der Waals surface area contributed by atoms with E-state index in [0.717, 1.165) is 18.4 Å². The van der Waals surface area contributed by atoms with Crippen molar-refractivity contribution in [2.45, 2.75) is 12.8 Å². The Labute approximate surface area is 154 Å². The molecular weight excluding hydrogens is 334 g/mol. The van der Waals surface area contributed by atoms with Crippen LogP contribution in [0.15, 0.2) is 36.4 Å². The zero-order valence-electron chi connectivity index (χ0n) is 15.6. The first-order valence-corrected chi connectivity index (χ1v) is 8.33. The minimum absolute atomic E-state index is 0.158. The van der Waals surface area contributed by atoms with Crippen LogP contribution in [0.3, 0.4) is 0 Å². The van der Waals surface area contributed by atoms with Crippen molar-refractivity contribution in [3.8, 4) is 23.0 Å². The van der Waals surface area contributed by atoms with E-state index in [2.05, 4.69) is 5.32 Å². The van der Waals surface area contributed by atoms with Gasteiger partial charge in [-0.05, 0) is 42.7 Å². The van der Waals surface area contributed by atoms with E-state index in [-0.39, 0.29) is 5.91 Å². The molecule has 0 radical (unpaired) electrons. The highest BCUT2D eigenvalue weighted by Gasteiger charge is 2.10. The van der Waals surface area contributed by atoms with E-state index in [4.69, 9.17) is 18.9 Å². The van der Waals surface area contributed by atoms with E-state index < -0.39 is 0 Å². The van der Waals surface area contributed by atoms with Crippen molar-refractivity contribution in [3.05, 3.63) is 47.5 Å². The van der Waals surface area contributed by atoms with Crippen LogP contribution >= 0.6 is 0 Å². The molecule has 0 saturated carbocycles. The molecule has 1 amide bonds.